The molecule has 1 N–H and O–H groups in total. The Balaban J connectivity index is 3.27. The molecule has 0 atom stereocenters. The average molecular weight is 312 g/mol. The van der Waals surface area contributed by atoms with Gasteiger partial charge in [-0.15, -0.1) is 6.42 Å². The van der Waals surface area contributed by atoms with Gasteiger partial charge in [-0.2, -0.15) is 4.31 Å². The van der Waals surface area contributed by atoms with Crippen molar-refractivity contribution >= 4 is 16.0 Å². The molecular formula is C14H20N2O4S. The third-order valence-electron chi connectivity index (χ3n) is 2.93. The first kappa shape index (κ1) is 17.3. The molecule has 116 valence electrons. The number of rotatable bonds is 8. The molecule has 0 aliphatic carbocycles. The van der Waals surface area contributed by atoms with Crippen molar-refractivity contribution < 1.29 is 18.3 Å². The summed E-state index contributed by atoms with van der Waals surface area (Å²) in [5.74, 6) is 1.17. The van der Waals surface area contributed by atoms with Gasteiger partial charge in [0, 0.05) is 19.3 Å². The lowest BCUT2D eigenvalue weighted by molar-refractivity contribution is 0.0685. The summed E-state index contributed by atoms with van der Waals surface area (Å²) >= 11 is 0. The van der Waals surface area contributed by atoms with E-state index in [0.29, 0.717) is 25.9 Å². The Kier molecular flexibility index (Phi) is 6.00. The number of hydrogen-bond acceptors (Lipinski definition) is 3. The van der Waals surface area contributed by atoms with E-state index in [1.807, 2.05) is 13.8 Å². The molecule has 0 aromatic carbocycles. The second-order valence-electron chi connectivity index (χ2n) is 4.60. The zero-order valence-corrected chi connectivity index (χ0v) is 13.1. The molecule has 0 saturated carbocycles. The maximum Gasteiger partial charge on any atom is 0.352 e. The van der Waals surface area contributed by atoms with Crippen LogP contribution in [0, 0.1) is 12.3 Å². The molecule has 6 nitrogen and oxygen atoms in total. The lowest BCUT2D eigenvalue weighted by atomic mass is 10.4. The monoisotopic (exact) mass is 312 g/mol. The fraction of sp³-hybridized carbons (Fsp3) is 0.500. The second-order valence-corrected chi connectivity index (χ2v) is 6.54. The fourth-order valence-corrected chi connectivity index (χ4v) is 3.50. The number of carboxylic acids is 1. The van der Waals surface area contributed by atoms with Gasteiger partial charge in [-0.25, -0.2) is 13.2 Å². The molecule has 0 saturated heterocycles. The van der Waals surface area contributed by atoms with Crippen LogP contribution in [-0.4, -0.2) is 41.5 Å². The molecule has 1 aromatic rings. The van der Waals surface area contributed by atoms with Crippen molar-refractivity contribution in [3.8, 4) is 12.3 Å². The summed E-state index contributed by atoms with van der Waals surface area (Å²) < 4.78 is 27.7. The number of aromatic nitrogens is 1. The summed E-state index contributed by atoms with van der Waals surface area (Å²) in [6, 6.07) is 1.19. The van der Waals surface area contributed by atoms with Gasteiger partial charge in [0.2, 0.25) is 10.0 Å². The number of carbonyl (C=O) groups is 1. The number of sulfonamides is 1. The molecule has 0 radical (unpaired) electrons. The van der Waals surface area contributed by atoms with Crippen LogP contribution in [0.15, 0.2) is 17.2 Å². The topological polar surface area (TPSA) is 79.6 Å². The standard InChI is InChI=1S/C14H20N2O4S/c1-4-7-15-11-12(10-13(15)14(17)18)21(19,20)16(8-5-2)9-6-3/h2,10-11H,4,6-9H2,1,3H3,(H,17,18). The molecule has 1 heterocycles. The van der Waals surface area contributed by atoms with Crippen LogP contribution in [-0.2, 0) is 16.6 Å². The average Bonchev–Trinajstić information content (AvgIpc) is 2.84. The molecule has 0 aliphatic heterocycles. The lowest BCUT2D eigenvalue weighted by Gasteiger charge is -2.18. The van der Waals surface area contributed by atoms with Crippen LogP contribution in [0.3, 0.4) is 0 Å². The molecule has 1 aromatic heterocycles. The third-order valence-corrected chi connectivity index (χ3v) is 4.74. The number of aromatic carboxylic acids is 1. The van der Waals surface area contributed by atoms with E-state index >= 15 is 0 Å². The predicted molar refractivity (Wildman–Crippen MR) is 79.6 cm³/mol. The summed E-state index contributed by atoms with van der Waals surface area (Å²) in [4.78, 5) is 11.2. The van der Waals surface area contributed by atoms with Crippen molar-refractivity contribution in [2.75, 3.05) is 13.1 Å². The predicted octanol–water partition coefficient (Wildman–Crippen LogP) is 1.63. The highest BCUT2D eigenvalue weighted by atomic mass is 32.2. The largest absolute Gasteiger partial charge is 0.477 e. The first-order chi connectivity index (χ1) is 9.88. The molecule has 0 fully saturated rings. The van der Waals surface area contributed by atoms with E-state index in [9.17, 15) is 13.2 Å². The highest BCUT2D eigenvalue weighted by Gasteiger charge is 2.26. The number of nitrogens with zero attached hydrogens (tertiary/aromatic N) is 2. The first-order valence-electron chi connectivity index (χ1n) is 6.75. The summed E-state index contributed by atoms with van der Waals surface area (Å²) in [5, 5.41) is 9.16. The second kappa shape index (κ2) is 7.29. The molecule has 0 spiro atoms. The van der Waals surface area contributed by atoms with Gasteiger partial charge in [0.25, 0.3) is 0 Å². The lowest BCUT2D eigenvalue weighted by Crippen LogP contribution is -2.32. The Morgan fingerprint density at radius 1 is 1.43 bits per heavy atom. The molecule has 0 aliphatic rings. The van der Waals surface area contributed by atoms with Crippen molar-refractivity contribution in [3.63, 3.8) is 0 Å². The Morgan fingerprint density at radius 2 is 2.10 bits per heavy atom. The minimum absolute atomic E-state index is 0.0302. The van der Waals surface area contributed by atoms with Gasteiger partial charge in [0.05, 0.1) is 6.54 Å². The van der Waals surface area contributed by atoms with Crippen LogP contribution < -0.4 is 0 Å². The van der Waals surface area contributed by atoms with Crippen LogP contribution in [0.25, 0.3) is 0 Å². The maximum absolute atomic E-state index is 12.5. The van der Waals surface area contributed by atoms with E-state index in [0.717, 1.165) is 0 Å². The van der Waals surface area contributed by atoms with Crippen molar-refractivity contribution in [1.82, 2.24) is 8.87 Å². The minimum atomic E-state index is -3.77. The van der Waals surface area contributed by atoms with E-state index in [1.54, 1.807) is 0 Å². The van der Waals surface area contributed by atoms with Crippen LogP contribution in [0.2, 0.25) is 0 Å². The SMILES string of the molecule is C#CCN(CCC)S(=O)(=O)c1cc(C(=O)O)n(CCC)c1. The van der Waals surface area contributed by atoms with Crippen LogP contribution in [0.5, 0.6) is 0 Å². The zero-order valence-electron chi connectivity index (χ0n) is 12.2. The highest BCUT2D eigenvalue weighted by molar-refractivity contribution is 7.89. The van der Waals surface area contributed by atoms with Crippen molar-refractivity contribution in [2.24, 2.45) is 0 Å². The summed E-state index contributed by atoms with van der Waals surface area (Å²) in [5.41, 5.74) is -0.0346. The van der Waals surface area contributed by atoms with Crippen LogP contribution in [0.1, 0.15) is 37.2 Å². The number of aryl methyl sites for hydroxylation is 1. The van der Waals surface area contributed by atoms with Gasteiger partial charge in [-0.1, -0.05) is 19.8 Å². The van der Waals surface area contributed by atoms with E-state index in [1.165, 1.54) is 21.1 Å². The maximum atomic E-state index is 12.5. The molecule has 0 amide bonds. The van der Waals surface area contributed by atoms with Gasteiger partial charge < -0.3 is 9.67 Å². The van der Waals surface area contributed by atoms with E-state index < -0.39 is 16.0 Å². The van der Waals surface area contributed by atoms with E-state index in [-0.39, 0.29) is 17.1 Å². The van der Waals surface area contributed by atoms with E-state index in [2.05, 4.69) is 5.92 Å². The Morgan fingerprint density at radius 3 is 2.57 bits per heavy atom. The summed E-state index contributed by atoms with van der Waals surface area (Å²) in [6.45, 7) is 4.46. The minimum Gasteiger partial charge on any atom is -0.477 e. The molecule has 7 heteroatoms. The van der Waals surface area contributed by atoms with E-state index in [4.69, 9.17) is 11.5 Å². The van der Waals surface area contributed by atoms with Crippen molar-refractivity contribution in [1.29, 1.82) is 0 Å². The molecule has 0 bridgehead atoms. The van der Waals surface area contributed by atoms with Gasteiger partial charge in [0.15, 0.2) is 0 Å². The number of terminal acetylenes is 1. The highest BCUT2D eigenvalue weighted by Crippen LogP contribution is 2.20. The van der Waals surface area contributed by atoms with Gasteiger partial charge >= 0.3 is 5.97 Å². The quantitative estimate of drug-likeness (QED) is 0.740. The smallest absolute Gasteiger partial charge is 0.352 e. The summed E-state index contributed by atoms with van der Waals surface area (Å²) in [7, 11) is -3.77. The number of hydrogen-bond donors (Lipinski definition) is 1. The Hall–Kier alpha value is -1.78. The van der Waals surface area contributed by atoms with Gasteiger partial charge in [0.1, 0.15) is 10.6 Å². The molecule has 0 unspecified atom stereocenters. The Bertz CT molecular complexity index is 640. The molecule has 1 rings (SSSR count). The molecular weight excluding hydrogens is 292 g/mol. The normalized spacial score (nSPS) is 11.5. The van der Waals surface area contributed by atoms with Gasteiger partial charge in [-0.05, 0) is 18.9 Å². The first-order valence-corrected chi connectivity index (χ1v) is 8.19. The van der Waals surface area contributed by atoms with Crippen molar-refractivity contribution in [3.05, 3.63) is 18.0 Å². The fourth-order valence-electron chi connectivity index (χ4n) is 2.01. The molecule has 21 heavy (non-hydrogen) atoms. The Labute approximate surface area is 125 Å². The third kappa shape index (κ3) is 3.86. The van der Waals surface area contributed by atoms with Crippen molar-refractivity contribution in [2.45, 2.75) is 38.1 Å². The zero-order chi connectivity index (χ0) is 16.0. The number of carboxylic acid groups (broad SMARTS) is 1. The summed E-state index contributed by atoms with van der Waals surface area (Å²) in [6.07, 6.45) is 7.91. The van der Waals surface area contributed by atoms with Crippen LogP contribution in [0.4, 0.5) is 0 Å². The van der Waals surface area contributed by atoms with Crippen LogP contribution >= 0.6 is 0 Å². The van der Waals surface area contributed by atoms with Gasteiger partial charge in [-0.3, -0.25) is 0 Å².